The number of anilines is 1. The number of ether oxygens (including phenoxy) is 2. The smallest absolute Gasteiger partial charge is 0.357 e. The number of nitrogens with one attached hydrogen (secondary N) is 2. The Balaban J connectivity index is 0.00000280. The van der Waals surface area contributed by atoms with Crippen molar-refractivity contribution in [1.82, 2.24) is 14.9 Å². The van der Waals surface area contributed by atoms with Crippen LogP contribution in [-0.4, -0.2) is 56.7 Å². The predicted molar refractivity (Wildman–Crippen MR) is 106 cm³/mol. The average molecular weight is 431 g/mol. The van der Waals surface area contributed by atoms with Crippen LogP contribution in [-0.2, 0) is 23.9 Å². The maximum absolute atomic E-state index is 12.6. The second-order valence-corrected chi connectivity index (χ2v) is 8.43. The average Bonchev–Trinajstić information content (AvgIpc) is 3.11. The van der Waals surface area contributed by atoms with Crippen molar-refractivity contribution in [2.24, 2.45) is 5.41 Å². The van der Waals surface area contributed by atoms with Crippen LogP contribution in [0.3, 0.4) is 0 Å². The highest BCUT2D eigenvalue weighted by molar-refractivity contribution is 8.00. The molecule has 0 aliphatic carbocycles. The molecule has 0 radical (unpaired) electrons. The molecule has 0 bridgehead atoms. The van der Waals surface area contributed by atoms with Gasteiger partial charge in [0.05, 0.1) is 5.41 Å². The number of hydrogen-bond donors (Lipinski definition) is 2. The van der Waals surface area contributed by atoms with Gasteiger partial charge in [-0.05, 0) is 33.3 Å². The van der Waals surface area contributed by atoms with Crippen molar-refractivity contribution in [3.05, 3.63) is 23.7 Å². The van der Waals surface area contributed by atoms with Gasteiger partial charge in [0.15, 0.2) is 0 Å². The number of imidazole rings is 1. The quantitative estimate of drug-likeness (QED) is 0.413. The summed E-state index contributed by atoms with van der Waals surface area (Å²) in [6.07, 6.45) is 3.24. The van der Waals surface area contributed by atoms with Crippen LogP contribution in [0.15, 0.2) is 23.7 Å². The highest BCUT2D eigenvalue weighted by atomic mass is 35.5. The van der Waals surface area contributed by atoms with E-state index < -0.39 is 30.2 Å². The second-order valence-electron chi connectivity index (χ2n) is 7.33. The van der Waals surface area contributed by atoms with Gasteiger partial charge in [-0.1, -0.05) is 0 Å². The molecule has 0 spiro atoms. The summed E-state index contributed by atoms with van der Waals surface area (Å²) >= 11 is 1.56. The molecule has 2 aliphatic rings. The first-order valence-electron chi connectivity index (χ1n) is 8.45. The van der Waals surface area contributed by atoms with Crippen LogP contribution in [0.4, 0.5) is 5.95 Å². The summed E-state index contributed by atoms with van der Waals surface area (Å²) in [4.78, 5) is 45.2. The molecular formula is C17H23ClN4O5S. The molecule has 28 heavy (non-hydrogen) atoms. The molecule has 11 heteroatoms. The van der Waals surface area contributed by atoms with Crippen LogP contribution < -0.4 is 5.32 Å². The molecule has 1 saturated heterocycles. The third kappa shape index (κ3) is 4.27. The zero-order chi connectivity index (χ0) is 19.8. The number of rotatable bonds is 5. The molecule has 2 aliphatic heterocycles. The summed E-state index contributed by atoms with van der Waals surface area (Å²) in [5.74, 6) is -0.290. The van der Waals surface area contributed by atoms with E-state index in [-0.39, 0.29) is 29.4 Å². The van der Waals surface area contributed by atoms with E-state index in [2.05, 4.69) is 15.3 Å². The van der Waals surface area contributed by atoms with Crippen molar-refractivity contribution in [1.29, 1.82) is 0 Å². The van der Waals surface area contributed by atoms with Gasteiger partial charge >= 0.3 is 11.9 Å². The minimum atomic E-state index is -0.688. The molecular weight excluding hydrogens is 408 g/mol. The van der Waals surface area contributed by atoms with E-state index in [9.17, 15) is 14.4 Å². The predicted octanol–water partition coefficient (Wildman–Crippen LogP) is 1.89. The van der Waals surface area contributed by atoms with E-state index in [0.717, 1.165) is 5.57 Å². The Morgan fingerprint density at radius 1 is 1.39 bits per heavy atom. The first-order chi connectivity index (χ1) is 12.7. The maximum Gasteiger partial charge on any atom is 0.357 e. The molecule has 3 heterocycles. The number of aromatic amines is 1. The lowest BCUT2D eigenvalue weighted by atomic mass is 9.98. The Kier molecular flexibility index (Phi) is 6.66. The molecule has 1 aromatic heterocycles. The molecule has 9 nitrogen and oxygen atoms in total. The molecule has 2 atom stereocenters. The lowest BCUT2D eigenvalue weighted by molar-refractivity contribution is -0.173. The lowest BCUT2D eigenvalue weighted by Crippen LogP contribution is -2.67. The number of H-pyrrole nitrogens is 1. The van der Waals surface area contributed by atoms with E-state index in [4.69, 9.17) is 9.47 Å². The Bertz CT molecular complexity index is 790. The van der Waals surface area contributed by atoms with Crippen molar-refractivity contribution < 1.29 is 23.9 Å². The molecule has 1 aromatic rings. The maximum atomic E-state index is 12.6. The topological polar surface area (TPSA) is 114 Å². The van der Waals surface area contributed by atoms with Gasteiger partial charge in [0.2, 0.25) is 12.7 Å². The SMILES string of the molecule is CC1=C(C(=O)OCOC(=O)C(C)(C)C)N2C(=O)C(Nc3ncc[nH]3)[C@H]2SC1.Cl. The van der Waals surface area contributed by atoms with Gasteiger partial charge < -0.3 is 19.8 Å². The first kappa shape index (κ1) is 22.1. The molecule has 1 fully saturated rings. The number of aromatic nitrogens is 2. The van der Waals surface area contributed by atoms with E-state index in [1.165, 1.54) is 4.90 Å². The van der Waals surface area contributed by atoms with Gasteiger partial charge in [-0.25, -0.2) is 9.78 Å². The van der Waals surface area contributed by atoms with Gasteiger partial charge in [0.1, 0.15) is 17.1 Å². The van der Waals surface area contributed by atoms with Crippen LogP contribution in [0.2, 0.25) is 0 Å². The minimum Gasteiger partial charge on any atom is -0.427 e. The number of fused-ring (bicyclic) bond motifs is 1. The fourth-order valence-corrected chi connectivity index (χ4v) is 3.97. The van der Waals surface area contributed by atoms with Gasteiger partial charge in [-0.15, -0.1) is 24.2 Å². The Labute approximate surface area is 173 Å². The van der Waals surface area contributed by atoms with E-state index >= 15 is 0 Å². The summed E-state index contributed by atoms with van der Waals surface area (Å²) in [7, 11) is 0. The van der Waals surface area contributed by atoms with E-state index in [0.29, 0.717) is 11.7 Å². The van der Waals surface area contributed by atoms with Crippen molar-refractivity contribution >= 4 is 48.0 Å². The molecule has 0 aromatic carbocycles. The van der Waals surface area contributed by atoms with Crippen LogP contribution in [0.25, 0.3) is 0 Å². The standard InChI is InChI=1S/C17H22N4O5S.ClH/c1-9-7-27-13-10(20-16-18-5-6-19-16)12(22)21(13)11(9)14(23)25-8-26-15(24)17(2,3)4;/h5-6,10,13H,7-8H2,1-4H3,(H2,18,19,20);1H/t10?,13-;/m1./s1. The lowest BCUT2D eigenvalue weighted by Gasteiger charge is -2.49. The number of halogens is 1. The molecule has 1 unspecified atom stereocenters. The number of hydrogen-bond acceptors (Lipinski definition) is 8. The van der Waals surface area contributed by atoms with Gasteiger partial charge in [0.25, 0.3) is 5.91 Å². The van der Waals surface area contributed by atoms with Gasteiger partial charge in [0, 0.05) is 18.1 Å². The summed E-state index contributed by atoms with van der Waals surface area (Å²) < 4.78 is 10.0. The minimum absolute atomic E-state index is 0. The Hall–Kier alpha value is -2.20. The Morgan fingerprint density at radius 2 is 2.11 bits per heavy atom. The van der Waals surface area contributed by atoms with Gasteiger partial charge in [-0.2, -0.15) is 0 Å². The monoisotopic (exact) mass is 430 g/mol. The number of carbonyl (C=O) groups is 3. The van der Waals surface area contributed by atoms with Crippen LogP contribution in [0.5, 0.6) is 0 Å². The van der Waals surface area contributed by atoms with E-state index in [1.807, 2.05) is 0 Å². The number of amides is 1. The Morgan fingerprint density at radius 3 is 2.71 bits per heavy atom. The fraction of sp³-hybridized carbons (Fsp3) is 0.529. The largest absolute Gasteiger partial charge is 0.427 e. The van der Waals surface area contributed by atoms with Crippen molar-refractivity contribution in [2.75, 3.05) is 17.9 Å². The highest BCUT2D eigenvalue weighted by Crippen LogP contribution is 2.41. The van der Waals surface area contributed by atoms with E-state index in [1.54, 1.807) is 51.9 Å². The summed E-state index contributed by atoms with van der Waals surface area (Å²) in [5, 5.41) is 2.80. The van der Waals surface area contributed by atoms with Crippen LogP contribution in [0, 0.1) is 5.41 Å². The number of nitrogens with zero attached hydrogens (tertiary/aromatic N) is 2. The summed E-state index contributed by atoms with van der Waals surface area (Å²) in [5.41, 5.74) is 0.271. The molecule has 3 rings (SSSR count). The third-order valence-electron chi connectivity index (χ3n) is 4.14. The second kappa shape index (κ2) is 8.44. The van der Waals surface area contributed by atoms with Gasteiger partial charge in [-0.3, -0.25) is 14.5 Å². The third-order valence-corrected chi connectivity index (χ3v) is 5.56. The van der Waals surface area contributed by atoms with Crippen LogP contribution in [0.1, 0.15) is 27.7 Å². The number of carbonyl (C=O) groups excluding carboxylic acids is 3. The number of thioether (sulfide) groups is 1. The van der Waals surface area contributed by atoms with Crippen LogP contribution >= 0.6 is 24.2 Å². The number of esters is 2. The fourth-order valence-electron chi connectivity index (χ4n) is 2.68. The summed E-state index contributed by atoms with van der Waals surface area (Å²) in [6.45, 7) is 6.41. The van der Waals surface area contributed by atoms with Crippen molar-refractivity contribution in [2.45, 2.75) is 39.1 Å². The zero-order valence-corrected chi connectivity index (χ0v) is 17.6. The molecule has 2 N–H and O–H groups in total. The number of β-lactam (4-membered cyclic amide) rings is 1. The van der Waals surface area contributed by atoms with Crippen molar-refractivity contribution in [3.8, 4) is 0 Å². The zero-order valence-electron chi connectivity index (χ0n) is 16.0. The highest BCUT2D eigenvalue weighted by Gasteiger charge is 2.53. The molecule has 0 saturated carbocycles. The molecule has 1 amide bonds. The normalized spacial score (nSPS) is 21.3. The molecule has 154 valence electrons. The van der Waals surface area contributed by atoms with Crippen molar-refractivity contribution in [3.63, 3.8) is 0 Å². The first-order valence-corrected chi connectivity index (χ1v) is 9.49. The summed E-state index contributed by atoms with van der Waals surface area (Å²) in [6, 6.07) is -0.476.